The molecule has 0 unspecified atom stereocenters. The summed E-state index contributed by atoms with van der Waals surface area (Å²) in [6, 6.07) is 11.2. The molecule has 0 saturated carbocycles. The van der Waals surface area contributed by atoms with Crippen LogP contribution in [0.4, 0.5) is 0 Å². The number of allylic oxidation sites excluding steroid dienone is 4. The van der Waals surface area contributed by atoms with Crippen molar-refractivity contribution in [2.45, 2.75) is 0 Å². The minimum Gasteiger partial charge on any atom is -0.299 e. The molecule has 0 bridgehead atoms. The molecule has 0 atom stereocenters. The molecule has 0 saturated heterocycles. The monoisotopic (exact) mass is 260 g/mol. The van der Waals surface area contributed by atoms with Crippen molar-refractivity contribution < 1.29 is 0 Å². The van der Waals surface area contributed by atoms with Gasteiger partial charge in [-0.2, -0.15) is 0 Å². The SMILES string of the molecule is N=C1C=C(c2ccccn2)C=C(c2ccccn2)C1=N. The van der Waals surface area contributed by atoms with Crippen LogP contribution in [0.2, 0.25) is 0 Å². The van der Waals surface area contributed by atoms with E-state index in [1.54, 1.807) is 18.5 Å². The Morgan fingerprint density at radius 1 is 0.750 bits per heavy atom. The molecule has 0 fully saturated rings. The predicted octanol–water partition coefficient (Wildman–Crippen LogP) is 3.00. The fraction of sp³-hybridized carbons (Fsp3) is 0. The molecule has 3 rings (SSSR count). The summed E-state index contributed by atoms with van der Waals surface area (Å²) in [6.45, 7) is 0. The Balaban J connectivity index is 2.10. The minimum absolute atomic E-state index is 0.175. The second-order valence-corrected chi connectivity index (χ2v) is 4.38. The van der Waals surface area contributed by atoms with E-state index in [1.807, 2.05) is 42.5 Å². The quantitative estimate of drug-likeness (QED) is 0.814. The van der Waals surface area contributed by atoms with Gasteiger partial charge in [0.2, 0.25) is 0 Å². The van der Waals surface area contributed by atoms with Crippen LogP contribution in [-0.4, -0.2) is 21.4 Å². The van der Waals surface area contributed by atoms with Gasteiger partial charge in [-0.25, -0.2) is 0 Å². The predicted molar refractivity (Wildman–Crippen MR) is 79.9 cm³/mol. The normalized spacial score (nSPS) is 14.8. The maximum Gasteiger partial charge on any atom is 0.0883 e. The van der Waals surface area contributed by atoms with Gasteiger partial charge in [0, 0.05) is 23.5 Å². The highest BCUT2D eigenvalue weighted by Gasteiger charge is 2.19. The molecule has 20 heavy (non-hydrogen) atoms. The molecule has 0 aliphatic heterocycles. The summed E-state index contributed by atoms with van der Waals surface area (Å²) < 4.78 is 0. The summed E-state index contributed by atoms with van der Waals surface area (Å²) in [7, 11) is 0. The fourth-order valence-electron chi connectivity index (χ4n) is 2.05. The van der Waals surface area contributed by atoms with E-state index in [9.17, 15) is 0 Å². The molecular formula is C16H12N4. The first kappa shape index (κ1) is 12.2. The zero-order chi connectivity index (χ0) is 13.9. The Labute approximate surface area is 116 Å². The second-order valence-electron chi connectivity index (χ2n) is 4.38. The van der Waals surface area contributed by atoms with Crippen LogP contribution in [0.25, 0.3) is 11.1 Å². The van der Waals surface area contributed by atoms with Gasteiger partial charge in [-0.15, -0.1) is 0 Å². The van der Waals surface area contributed by atoms with Crippen molar-refractivity contribution >= 4 is 22.6 Å². The standard InChI is InChI=1S/C16H12N4/c17-13-10-11(14-5-1-3-7-19-14)9-12(16(13)18)15-6-2-4-8-20-15/h1-10,17-18H. The van der Waals surface area contributed by atoms with Crippen LogP contribution in [0.3, 0.4) is 0 Å². The van der Waals surface area contributed by atoms with Gasteiger partial charge < -0.3 is 0 Å². The number of rotatable bonds is 2. The van der Waals surface area contributed by atoms with E-state index in [-0.39, 0.29) is 11.4 Å². The molecule has 2 heterocycles. The maximum absolute atomic E-state index is 8.04. The molecule has 0 radical (unpaired) electrons. The molecular weight excluding hydrogens is 248 g/mol. The highest BCUT2D eigenvalue weighted by molar-refractivity contribution is 6.61. The van der Waals surface area contributed by atoms with E-state index in [0.717, 1.165) is 11.3 Å². The van der Waals surface area contributed by atoms with Crippen molar-refractivity contribution in [1.29, 1.82) is 10.8 Å². The van der Waals surface area contributed by atoms with Crippen LogP contribution < -0.4 is 0 Å². The average molecular weight is 260 g/mol. The van der Waals surface area contributed by atoms with E-state index >= 15 is 0 Å². The maximum atomic E-state index is 8.04. The fourth-order valence-corrected chi connectivity index (χ4v) is 2.05. The molecule has 1 aliphatic carbocycles. The summed E-state index contributed by atoms with van der Waals surface area (Å²) >= 11 is 0. The van der Waals surface area contributed by atoms with E-state index in [2.05, 4.69) is 9.97 Å². The zero-order valence-electron chi connectivity index (χ0n) is 10.7. The number of aromatic nitrogens is 2. The molecule has 4 heteroatoms. The summed E-state index contributed by atoms with van der Waals surface area (Å²) in [4.78, 5) is 8.55. The summed E-state index contributed by atoms with van der Waals surface area (Å²) in [6.07, 6.45) is 6.93. The Morgan fingerprint density at radius 3 is 2.00 bits per heavy atom. The summed E-state index contributed by atoms with van der Waals surface area (Å²) in [5.74, 6) is 0. The van der Waals surface area contributed by atoms with Crippen molar-refractivity contribution in [3.63, 3.8) is 0 Å². The Bertz CT molecular complexity index is 728. The lowest BCUT2D eigenvalue weighted by Crippen LogP contribution is -2.16. The van der Waals surface area contributed by atoms with Crippen LogP contribution in [0.1, 0.15) is 11.4 Å². The van der Waals surface area contributed by atoms with Gasteiger partial charge in [0.05, 0.1) is 22.8 Å². The van der Waals surface area contributed by atoms with Gasteiger partial charge in [-0.3, -0.25) is 20.8 Å². The molecule has 0 amide bonds. The molecule has 96 valence electrons. The highest BCUT2D eigenvalue weighted by atomic mass is 14.7. The van der Waals surface area contributed by atoms with Crippen LogP contribution in [0.15, 0.2) is 60.9 Å². The third-order valence-corrected chi connectivity index (χ3v) is 3.04. The lowest BCUT2D eigenvalue weighted by atomic mass is 9.92. The van der Waals surface area contributed by atoms with E-state index in [4.69, 9.17) is 10.8 Å². The van der Waals surface area contributed by atoms with Gasteiger partial charge in [-0.1, -0.05) is 12.1 Å². The topological polar surface area (TPSA) is 73.5 Å². The smallest absolute Gasteiger partial charge is 0.0883 e. The van der Waals surface area contributed by atoms with Crippen molar-refractivity contribution in [1.82, 2.24) is 9.97 Å². The minimum atomic E-state index is 0.175. The number of pyridine rings is 2. The molecule has 0 aromatic carbocycles. The van der Waals surface area contributed by atoms with Crippen molar-refractivity contribution in [3.05, 3.63) is 72.3 Å². The Morgan fingerprint density at radius 2 is 1.40 bits per heavy atom. The van der Waals surface area contributed by atoms with Gasteiger partial charge in [-0.05, 0) is 36.4 Å². The molecule has 0 spiro atoms. The van der Waals surface area contributed by atoms with Crippen LogP contribution in [-0.2, 0) is 0 Å². The first-order valence-corrected chi connectivity index (χ1v) is 6.20. The first-order valence-electron chi connectivity index (χ1n) is 6.20. The lowest BCUT2D eigenvalue weighted by Gasteiger charge is -2.15. The second kappa shape index (κ2) is 5.01. The molecule has 1 aliphatic rings. The van der Waals surface area contributed by atoms with Crippen molar-refractivity contribution in [2.24, 2.45) is 0 Å². The van der Waals surface area contributed by atoms with Gasteiger partial charge >= 0.3 is 0 Å². The van der Waals surface area contributed by atoms with Crippen LogP contribution in [0.5, 0.6) is 0 Å². The van der Waals surface area contributed by atoms with E-state index < -0.39 is 0 Å². The largest absolute Gasteiger partial charge is 0.299 e. The average Bonchev–Trinajstić information content (AvgIpc) is 2.51. The summed E-state index contributed by atoms with van der Waals surface area (Å²) in [5.41, 5.74) is 3.32. The van der Waals surface area contributed by atoms with E-state index in [1.165, 1.54) is 0 Å². The highest BCUT2D eigenvalue weighted by Crippen LogP contribution is 2.25. The number of nitrogens with one attached hydrogen (secondary N) is 2. The van der Waals surface area contributed by atoms with Gasteiger partial charge in [0.15, 0.2) is 0 Å². The lowest BCUT2D eigenvalue weighted by molar-refractivity contribution is 1.27. The van der Waals surface area contributed by atoms with Crippen LogP contribution >= 0.6 is 0 Å². The van der Waals surface area contributed by atoms with Crippen molar-refractivity contribution in [3.8, 4) is 0 Å². The zero-order valence-corrected chi connectivity index (χ0v) is 10.7. The third-order valence-electron chi connectivity index (χ3n) is 3.04. The summed E-state index contributed by atoms with van der Waals surface area (Å²) in [5, 5.41) is 16.0. The van der Waals surface area contributed by atoms with Crippen molar-refractivity contribution in [2.75, 3.05) is 0 Å². The van der Waals surface area contributed by atoms with Crippen LogP contribution in [0, 0.1) is 10.8 Å². The van der Waals surface area contributed by atoms with Gasteiger partial charge in [0.25, 0.3) is 0 Å². The van der Waals surface area contributed by atoms with Gasteiger partial charge in [0.1, 0.15) is 0 Å². The Hall–Kier alpha value is -2.88. The Kier molecular flexibility index (Phi) is 3.05. The molecule has 2 N–H and O–H groups in total. The number of hydrogen-bond donors (Lipinski definition) is 2. The molecule has 4 nitrogen and oxygen atoms in total. The molecule has 2 aromatic rings. The number of hydrogen-bond acceptors (Lipinski definition) is 4. The molecule has 2 aromatic heterocycles. The van der Waals surface area contributed by atoms with E-state index in [0.29, 0.717) is 11.3 Å². The first-order chi connectivity index (χ1) is 9.75. The number of nitrogens with zero attached hydrogens (tertiary/aromatic N) is 2. The third kappa shape index (κ3) is 2.19.